The van der Waals surface area contributed by atoms with E-state index in [1.54, 1.807) is 13.8 Å². The predicted molar refractivity (Wildman–Crippen MR) is 83.7 cm³/mol. The van der Waals surface area contributed by atoms with Crippen LogP contribution >= 0.6 is 0 Å². The van der Waals surface area contributed by atoms with E-state index in [1.807, 2.05) is 48.5 Å². The SMILES string of the molecule is CC(=O)c1ccc(-c2cc3ccc(C(C)=O)cc3[nH]2)cc1. The van der Waals surface area contributed by atoms with Gasteiger partial charge in [-0.1, -0.05) is 36.4 Å². The lowest BCUT2D eigenvalue weighted by atomic mass is 10.1. The van der Waals surface area contributed by atoms with Gasteiger partial charge in [0.2, 0.25) is 0 Å². The maximum atomic E-state index is 11.4. The quantitative estimate of drug-likeness (QED) is 0.728. The van der Waals surface area contributed by atoms with Gasteiger partial charge < -0.3 is 4.98 Å². The van der Waals surface area contributed by atoms with Crippen LogP contribution in [0, 0.1) is 0 Å². The van der Waals surface area contributed by atoms with Crippen molar-refractivity contribution in [3.05, 3.63) is 59.7 Å². The number of rotatable bonds is 3. The molecule has 0 aliphatic rings. The molecular weight excluding hydrogens is 262 g/mol. The third-order valence-electron chi connectivity index (χ3n) is 3.63. The highest BCUT2D eigenvalue weighted by Gasteiger charge is 2.07. The van der Waals surface area contributed by atoms with Gasteiger partial charge in [0.15, 0.2) is 11.6 Å². The first kappa shape index (κ1) is 13.3. The first-order valence-electron chi connectivity index (χ1n) is 6.79. The Hall–Kier alpha value is -2.68. The third kappa shape index (κ3) is 2.50. The molecule has 0 saturated carbocycles. The van der Waals surface area contributed by atoms with Gasteiger partial charge in [0.1, 0.15) is 0 Å². The lowest BCUT2D eigenvalue weighted by Crippen LogP contribution is -1.91. The third-order valence-corrected chi connectivity index (χ3v) is 3.63. The van der Waals surface area contributed by atoms with Gasteiger partial charge in [0, 0.05) is 27.7 Å². The van der Waals surface area contributed by atoms with Crippen molar-refractivity contribution in [1.29, 1.82) is 0 Å². The predicted octanol–water partition coefficient (Wildman–Crippen LogP) is 4.24. The Balaban J connectivity index is 2.04. The molecule has 3 nitrogen and oxygen atoms in total. The van der Waals surface area contributed by atoms with Crippen LogP contribution in [0.15, 0.2) is 48.5 Å². The van der Waals surface area contributed by atoms with Gasteiger partial charge in [-0.15, -0.1) is 0 Å². The summed E-state index contributed by atoms with van der Waals surface area (Å²) in [5.41, 5.74) is 4.33. The maximum absolute atomic E-state index is 11.4. The Kier molecular flexibility index (Phi) is 3.18. The maximum Gasteiger partial charge on any atom is 0.159 e. The van der Waals surface area contributed by atoms with E-state index in [0.717, 1.165) is 22.2 Å². The monoisotopic (exact) mass is 277 g/mol. The van der Waals surface area contributed by atoms with E-state index in [-0.39, 0.29) is 11.6 Å². The molecule has 3 aromatic rings. The van der Waals surface area contributed by atoms with E-state index < -0.39 is 0 Å². The molecule has 0 fully saturated rings. The number of hydrogen-bond acceptors (Lipinski definition) is 2. The van der Waals surface area contributed by atoms with Crippen LogP contribution in [-0.4, -0.2) is 16.6 Å². The zero-order valence-electron chi connectivity index (χ0n) is 11.9. The van der Waals surface area contributed by atoms with Crippen molar-refractivity contribution in [2.75, 3.05) is 0 Å². The number of Topliss-reactive ketones (excluding diaryl/α,β-unsaturated/α-hetero) is 2. The zero-order valence-corrected chi connectivity index (χ0v) is 11.9. The minimum atomic E-state index is 0.0545. The molecule has 3 heteroatoms. The van der Waals surface area contributed by atoms with Crippen LogP contribution in [0.3, 0.4) is 0 Å². The van der Waals surface area contributed by atoms with Gasteiger partial charge >= 0.3 is 0 Å². The van der Waals surface area contributed by atoms with Gasteiger partial charge in [0.25, 0.3) is 0 Å². The number of carbonyl (C=O) groups excluding carboxylic acids is 2. The molecule has 0 bridgehead atoms. The number of carbonyl (C=O) groups is 2. The molecule has 0 aliphatic carbocycles. The second-order valence-electron chi connectivity index (χ2n) is 5.17. The highest BCUT2D eigenvalue weighted by atomic mass is 16.1. The van der Waals surface area contributed by atoms with Crippen LogP contribution in [0.5, 0.6) is 0 Å². The van der Waals surface area contributed by atoms with Crippen molar-refractivity contribution in [3.63, 3.8) is 0 Å². The summed E-state index contributed by atoms with van der Waals surface area (Å²) in [5.74, 6) is 0.114. The number of benzene rings is 2. The van der Waals surface area contributed by atoms with Crippen molar-refractivity contribution < 1.29 is 9.59 Å². The summed E-state index contributed by atoms with van der Waals surface area (Å²) in [6, 6.07) is 15.2. The van der Waals surface area contributed by atoms with Crippen molar-refractivity contribution in [2.45, 2.75) is 13.8 Å². The molecule has 0 spiro atoms. The summed E-state index contributed by atoms with van der Waals surface area (Å²) >= 11 is 0. The normalized spacial score (nSPS) is 10.8. The molecule has 0 atom stereocenters. The highest BCUT2D eigenvalue weighted by Crippen LogP contribution is 2.25. The zero-order chi connectivity index (χ0) is 15.0. The largest absolute Gasteiger partial charge is 0.355 e. The van der Waals surface area contributed by atoms with Crippen LogP contribution in [0.25, 0.3) is 22.2 Å². The number of nitrogens with one attached hydrogen (secondary N) is 1. The minimum absolute atomic E-state index is 0.0545. The Labute approximate surface area is 122 Å². The summed E-state index contributed by atoms with van der Waals surface area (Å²) in [6.07, 6.45) is 0. The molecule has 104 valence electrons. The summed E-state index contributed by atoms with van der Waals surface area (Å²) in [7, 11) is 0. The van der Waals surface area contributed by atoms with E-state index in [2.05, 4.69) is 4.98 Å². The average molecular weight is 277 g/mol. The fourth-order valence-electron chi connectivity index (χ4n) is 2.39. The van der Waals surface area contributed by atoms with E-state index in [9.17, 15) is 9.59 Å². The molecule has 1 aromatic heterocycles. The fraction of sp³-hybridized carbons (Fsp3) is 0.111. The van der Waals surface area contributed by atoms with Crippen LogP contribution in [-0.2, 0) is 0 Å². The van der Waals surface area contributed by atoms with Gasteiger partial charge in [0.05, 0.1) is 0 Å². The van der Waals surface area contributed by atoms with Gasteiger partial charge in [-0.2, -0.15) is 0 Å². The molecule has 1 N–H and O–H groups in total. The van der Waals surface area contributed by atoms with Crippen LogP contribution in [0.1, 0.15) is 34.6 Å². The molecular formula is C18H15NO2. The Morgan fingerprint density at radius 1 is 0.810 bits per heavy atom. The Morgan fingerprint density at radius 2 is 1.43 bits per heavy atom. The van der Waals surface area contributed by atoms with E-state index in [0.29, 0.717) is 11.1 Å². The van der Waals surface area contributed by atoms with Crippen molar-refractivity contribution in [1.82, 2.24) is 4.98 Å². The van der Waals surface area contributed by atoms with E-state index in [4.69, 9.17) is 0 Å². The smallest absolute Gasteiger partial charge is 0.159 e. The first-order valence-corrected chi connectivity index (χ1v) is 6.79. The van der Waals surface area contributed by atoms with E-state index >= 15 is 0 Å². The molecule has 0 aliphatic heterocycles. The topological polar surface area (TPSA) is 49.9 Å². The molecule has 3 rings (SSSR count). The number of aromatic nitrogens is 1. The molecule has 0 amide bonds. The van der Waals surface area contributed by atoms with Gasteiger partial charge in [-0.05, 0) is 31.5 Å². The minimum Gasteiger partial charge on any atom is -0.355 e. The standard InChI is InChI=1S/C18H15NO2/c1-11(20)13-3-5-14(6-4-13)17-10-16-8-7-15(12(2)21)9-18(16)19-17/h3-10,19H,1-2H3. The Bertz CT molecular complexity index is 841. The number of fused-ring (bicyclic) bond motifs is 1. The van der Waals surface area contributed by atoms with Crippen molar-refractivity contribution in [2.24, 2.45) is 0 Å². The molecule has 1 heterocycles. The number of hydrogen-bond donors (Lipinski definition) is 1. The molecule has 2 aromatic carbocycles. The number of aromatic amines is 1. The molecule has 0 unspecified atom stereocenters. The Morgan fingerprint density at radius 3 is 2.05 bits per heavy atom. The lowest BCUT2D eigenvalue weighted by molar-refractivity contribution is 0.100. The summed E-state index contributed by atoms with van der Waals surface area (Å²) < 4.78 is 0. The fourth-order valence-corrected chi connectivity index (χ4v) is 2.39. The van der Waals surface area contributed by atoms with Crippen molar-refractivity contribution >= 4 is 22.5 Å². The molecule has 0 saturated heterocycles. The molecule has 0 radical (unpaired) electrons. The van der Waals surface area contributed by atoms with E-state index in [1.165, 1.54) is 0 Å². The van der Waals surface area contributed by atoms with Gasteiger partial charge in [-0.25, -0.2) is 0 Å². The average Bonchev–Trinajstić information content (AvgIpc) is 2.90. The summed E-state index contributed by atoms with van der Waals surface area (Å²) in [6.45, 7) is 3.12. The van der Waals surface area contributed by atoms with Gasteiger partial charge in [-0.3, -0.25) is 9.59 Å². The number of H-pyrrole nitrogens is 1. The first-order chi connectivity index (χ1) is 10.0. The second kappa shape index (κ2) is 5.02. The highest BCUT2D eigenvalue weighted by molar-refractivity contribution is 5.99. The van der Waals surface area contributed by atoms with Crippen LogP contribution in [0.2, 0.25) is 0 Å². The van der Waals surface area contributed by atoms with Crippen molar-refractivity contribution in [3.8, 4) is 11.3 Å². The summed E-state index contributed by atoms with van der Waals surface area (Å²) in [4.78, 5) is 26.0. The lowest BCUT2D eigenvalue weighted by Gasteiger charge is -1.99. The van der Waals surface area contributed by atoms with Crippen LogP contribution < -0.4 is 0 Å². The summed E-state index contributed by atoms with van der Waals surface area (Å²) in [5, 5.41) is 1.06. The second-order valence-corrected chi connectivity index (χ2v) is 5.17. The van der Waals surface area contributed by atoms with Crippen LogP contribution in [0.4, 0.5) is 0 Å². The number of ketones is 2. The molecule has 21 heavy (non-hydrogen) atoms.